The van der Waals surface area contributed by atoms with Crippen LogP contribution in [-0.4, -0.2) is 69.1 Å². The summed E-state index contributed by atoms with van der Waals surface area (Å²) in [6.07, 6.45) is 9.41. The molecule has 2 aliphatic rings. The van der Waals surface area contributed by atoms with Gasteiger partial charge in [0.2, 0.25) is 5.28 Å². The molecule has 2 fully saturated rings. The number of piperidine rings is 2. The molecule has 140 valence electrons. The molecule has 0 bridgehead atoms. The van der Waals surface area contributed by atoms with E-state index < -0.39 is 0 Å². The molecule has 0 radical (unpaired) electrons. The van der Waals surface area contributed by atoms with Gasteiger partial charge in [0.1, 0.15) is 5.82 Å². The summed E-state index contributed by atoms with van der Waals surface area (Å²) in [5.74, 6) is 0.784. The molecule has 4 rings (SSSR count). The Balaban J connectivity index is 1.61. The van der Waals surface area contributed by atoms with Gasteiger partial charge in [-0.1, -0.05) is 0 Å². The molecule has 0 spiro atoms. The van der Waals surface area contributed by atoms with Crippen LogP contribution in [0.3, 0.4) is 0 Å². The average Bonchev–Trinajstić information content (AvgIpc) is 3.12. The Morgan fingerprint density at radius 1 is 1.15 bits per heavy atom. The van der Waals surface area contributed by atoms with E-state index >= 15 is 0 Å². The molecule has 0 aromatic carbocycles. The van der Waals surface area contributed by atoms with Crippen molar-refractivity contribution >= 4 is 17.4 Å². The van der Waals surface area contributed by atoms with Gasteiger partial charge in [-0.3, -0.25) is 4.68 Å². The molecule has 0 saturated carbocycles. The minimum atomic E-state index is -0.327. The van der Waals surface area contributed by atoms with Crippen molar-refractivity contribution in [3.8, 4) is 11.1 Å². The summed E-state index contributed by atoms with van der Waals surface area (Å²) in [6.45, 7) is 3.63. The molecule has 4 heterocycles. The molecule has 0 unspecified atom stereocenters. The Morgan fingerprint density at radius 2 is 1.96 bits per heavy atom. The fourth-order valence-electron chi connectivity index (χ4n) is 3.88. The summed E-state index contributed by atoms with van der Waals surface area (Å²) >= 11 is 6.06. The second kappa shape index (κ2) is 7.50. The average molecular weight is 377 g/mol. The van der Waals surface area contributed by atoms with E-state index in [1.54, 1.807) is 6.20 Å². The smallest absolute Gasteiger partial charge is 0.224 e. The number of β-amino-alcohol motifs (C(OH)–C–C–N with tert-alkyl or cyclic N) is 1. The first kappa shape index (κ1) is 17.7. The van der Waals surface area contributed by atoms with Crippen LogP contribution in [0, 0.1) is 0 Å². The van der Waals surface area contributed by atoms with E-state index in [0.29, 0.717) is 12.6 Å². The summed E-state index contributed by atoms with van der Waals surface area (Å²) in [6, 6.07) is 0.438. The van der Waals surface area contributed by atoms with Gasteiger partial charge in [-0.25, -0.2) is 4.98 Å². The van der Waals surface area contributed by atoms with Gasteiger partial charge < -0.3 is 14.9 Å². The third kappa shape index (κ3) is 3.70. The minimum absolute atomic E-state index is 0.228. The first-order valence-corrected chi connectivity index (χ1v) is 9.66. The maximum Gasteiger partial charge on any atom is 0.224 e. The topological polar surface area (TPSA) is 70.3 Å². The zero-order chi connectivity index (χ0) is 18.1. The molecule has 7 nitrogen and oxygen atoms in total. The Bertz CT molecular complexity index is 758. The van der Waals surface area contributed by atoms with Crippen LogP contribution < -0.4 is 4.90 Å². The van der Waals surface area contributed by atoms with Crippen LogP contribution in [0.15, 0.2) is 18.6 Å². The van der Waals surface area contributed by atoms with Crippen LogP contribution in [-0.2, 0) is 0 Å². The third-order valence-corrected chi connectivity index (χ3v) is 5.59. The molecule has 0 aliphatic carbocycles. The summed E-state index contributed by atoms with van der Waals surface area (Å²) in [7, 11) is 2.16. The van der Waals surface area contributed by atoms with Crippen molar-refractivity contribution in [3.63, 3.8) is 0 Å². The fourth-order valence-corrected chi connectivity index (χ4v) is 4.01. The fraction of sp³-hybridized carbons (Fsp3) is 0.611. The van der Waals surface area contributed by atoms with Crippen LogP contribution >= 0.6 is 11.6 Å². The van der Waals surface area contributed by atoms with E-state index in [0.717, 1.165) is 62.3 Å². The molecule has 1 N–H and O–H groups in total. The van der Waals surface area contributed by atoms with Crippen molar-refractivity contribution in [1.82, 2.24) is 24.6 Å². The molecular formula is C18H25ClN6O. The second-order valence-corrected chi connectivity index (χ2v) is 7.70. The van der Waals surface area contributed by atoms with Crippen LogP contribution in [0.4, 0.5) is 5.82 Å². The summed E-state index contributed by atoms with van der Waals surface area (Å²) in [5, 5.41) is 14.9. The van der Waals surface area contributed by atoms with Gasteiger partial charge in [-0.05, 0) is 57.4 Å². The molecule has 0 amide bonds. The highest BCUT2D eigenvalue weighted by molar-refractivity contribution is 6.28. The van der Waals surface area contributed by atoms with Crippen LogP contribution in [0.25, 0.3) is 11.1 Å². The second-order valence-electron chi connectivity index (χ2n) is 7.36. The number of anilines is 1. The van der Waals surface area contributed by atoms with Crippen LogP contribution in [0.2, 0.25) is 5.28 Å². The monoisotopic (exact) mass is 376 g/mol. The molecule has 1 atom stereocenters. The zero-order valence-electron chi connectivity index (χ0n) is 15.1. The lowest BCUT2D eigenvalue weighted by Gasteiger charge is -2.32. The maximum atomic E-state index is 10.0. The molecule has 2 aromatic heterocycles. The Labute approximate surface area is 158 Å². The maximum absolute atomic E-state index is 10.0. The van der Waals surface area contributed by atoms with Crippen LogP contribution in [0.1, 0.15) is 31.7 Å². The molecular weight excluding hydrogens is 352 g/mol. The highest BCUT2D eigenvalue weighted by Crippen LogP contribution is 2.32. The van der Waals surface area contributed by atoms with Gasteiger partial charge in [-0.2, -0.15) is 10.1 Å². The first-order valence-electron chi connectivity index (χ1n) is 9.29. The largest absolute Gasteiger partial charge is 0.391 e. The Morgan fingerprint density at radius 3 is 2.73 bits per heavy atom. The highest BCUT2D eigenvalue weighted by atomic mass is 35.5. The highest BCUT2D eigenvalue weighted by Gasteiger charge is 2.24. The number of aliphatic hydroxyl groups excluding tert-OH is 1. The van der Waals surface area contributed by atoms with Crippen molar-refractivity contribution < 1.29 is 5.11 Å². The lowest BCUT2D eigenvalue weighted by Crippen LogP contribution is -2.39. The summed E-state index contributed by atoms with van der Waals surface area (Å²) < 4.78 is 2.08. The Hall–Kier alpha value is -1.70. The van der Waals surface area contributed by atoms with Crippen molar-refractivity contribution in [2.45, 2.75) is 37.8 Å². The number of aliphatic hydroxyl groups is 1. The first-order chi connectivity index (χ1) is 12.6. The number of likely N-dealkylation sites (tertiary alicyclic amines) is 1. The predicted octanol–water partition coefficient (Wildman–Crippen LogP) is 2.22. The number of hydrogen-bond donors (Lipinski definition) is 1. The van der Waals surface area contributed by atoms with Gasteiger partial charge >= 0.3 is 0 Å². The van der Waals surface area contributed by atoms with E-state index in [2.05, 4.69) is 42.8 Å². The van der Waals surface area contributed by atoms with Crippen molar-refractivity contribution in [3.05, 3.63) is 23.9 Å². The molecule has 26 heavy (non-hydrogen) atoms. The number of nitrogens with zero attached hydrogens (tertiary/aromatic N) is 6. The molecule has 2 aromatic rings. The van der Waals surface area contributed by atoms with Crippen molar-refractivity contribution in [2.24, 2.45) is 0 Å². The van der Waals surface area contributed by atoms with Gasteiger partial charge in [0.15, 0.2) is 0 Å². The van der Waals surface area contributed by atoms with Crippen molar-refractivity contribution in [1.29, 1.82) is 0 Å². The van der Waals surface area contributed by atoms with Gasteiger partial charge in [-0.15, -0.1) is 0 Å². The van der Waals surface area contributed by atoms with E-state index in [4.69, 9.17) is 11.6 Å². The molecule has 2 saturated heterocycles. The van der Waals surface area contributed by atoms with Gasteiger partial charge in [0, 0.05) is 36.6 Å². The molecule has 8 heteroatoms. The third-order valence-electron chi connectivity index (χ3n) is 5.41. The van der Waals surface area contributed by atoms with Gasteiger partial charge in [0.25, 0.3) is 0 Å². The van der Waals surface area contributed by atoms with E-state index in [1.807, 2.05) is 6.20 Å². The van der Waals surface area contributed by atoms with E-state index in [-0.39, 0.29) is 11.4 Å². The quantitative estimate of drug-likeness (QED) is 0.828. The summed E-state index contributed by atoms with van der Waals surface area (Å²) in [4.78, 5) is 13.1. The number of hydrogen-bond acceptors (Lipinski definition) is 6. The predicted molar refractivity (Wildman–Crippen MR) is 101 cm³/mol. The number of rotatable bonds is 3. The number of halogens is 1. The molecule has 2 aliphatic heterocycles. The minimum Gasteiger partial charge on any atom is -0.391 e. The number of aromatic nitrogens is 4. The Kier molecular flexibility index (Phi) is 5.11. The lowest BCUT2D eigenvalue weighted by atomic mass is 10.1. The summed E-state index contributed by atoms with van der Waals surface area (Å²) in [5.41, 5.74) is 1.92. The standard InChI is InChI=1S/C18H25ClN6O/c1-23-7-4-14(5-8-23)25-11-13(9-21-25)16-10-20-18(19)22-17(16)24-6-2-3-15(26)12-24/h9-11,14-15,26H,2-8,12H2,1H3/t15-/m0/s1. The normalized spacial score (nSPS) is 22.7. The lowest BCUT2D eigenvalue weighted by molar-refractivity contribution is 0.154. The van der Waals surface area contributed by atoms with Crippen LogP contribution in [0.5, 0.6) is 0 Å². The van der Waals surface area contributed by atoms with E-state index in [9.17, 15) is 5.11 Å². The van der Waals surface area contributed by atoms with Crippen molar-refractivity contribution in [2.75, 3.05) is 38.1 Å². The SMILES string of the molecule is CN1CCC(n2cc(-c3cnc(Cl)nc3N3CCC[C@H](O)C3)cn2)CC1. The zero-order valence-corrected chi connectivity index (χ0v) is 15.8. The van der Waals surface area contributed by atoms with E-state index in [1.165, 1.54) is 0 Å². The van der Waals surface area contributed by atoms with Gasteiger partial charge in [0.05, 0.1) is 18.3 Å².